The fourth-order valence-electron chi connectivity index (χ4n) is 5.89. The van der Waals surface area contributed by atoms with E-state index in [4.69, 9.17) is 15.2 Å². The molecule has 2 unspecified atom stereocenters. The van der Waals surface area contributed by atoms with E-state index in [-0.39, 0.29) is 24.3 Å². The van der Waals surface area contributed by atoms with Crippen molar-refractivity contribution in [3.8, 4) is 5.75 Å². The van der Waals surface area contributed by atoms with Crippen LogP contribution in [0, 0.1) is 0 Å². The Bertz CT molecular complexity index is 1420. The Morgan fingerprint density at radius 3 is 2.11 bits per heavy atom. The van der Waals surface area contributed by atoms with Crippen LogP contribution in [0.25, 0.3) is 0 Å². The molecule has 0 saturated carbocycles. The van der Waals surface area contributed by atoms with Gasteiger partial charge in [0, 0.05) is 13.1 Å². The zero-order valence-corrected chi connectivity index (χ0v) is 27.6. The van der Waals surface area contributed by atoms with Gasteiger partial charge in [-0.15, -0.1) is 0 Å². The maximum Gasteiger partial charge on any atom is 0.324 e. The standard InChI is InChI=1S/C35H46N2O6Si/c1-32(2,3)30-25(22-24-14-9-7-10-15-24)19-20-29(27(30)23-36)44-35(41,42-26-16-11-8-12-17-26)34(39,40)37-21-13-18-28(37)31(38)43-33(4,5)6/h7-12,14-17,19-20,28,39-41H,13,18,21-23,36H2,1-6H3. The number of hydrogen-bond acceptors (Lipinski definition) is 8. The first-order chi connectivity index (χ1) is 20.6. The summed E-state index contributed by atoms with van der Waals surface area (Å²) in [6.07, 6.45) is 1.55. The molecule has 0 aromatic heterocycles. The van der Waals surface area contributed by atoms with Gasteiger partial charge in [0.25, 0.3) is 11.3 Å². The Balaban J connectivity index is 1.80. The zero-order chi connectivity index (χ0) is 32.3. The molecule has 4 rings (SSSR count). The van der Waals surface area contributed by atoms with Crippen LogP contribution in [0.1, 0.15) is 76.6 Å². The Morgan fingerprint density at radius 2 is 1.55 bits per heavy atom. The van der Waals surface area contributed by atoms with Crippen LogP contribution in [0.2, 0.25) is 0 Å². The number of hydrogen-bond donors (Lipinski definition) is 4. The maximum atomic E-state index is 13.2. The highest BCUT2D eigenvalue weighted by atomic mass is 28.2. The van der Waals surface area contributed by atoms with Crippen LogP contribution < -0.4 is 15.7 Å². The van der Waals surface area contributed by atoms with Crippen LogP contribution in [-0.2, 0) is 27.9 Å². The number of carbonyl (C=O) groups is 1. The molecule has 9 heteroatoms. The third-order valence-corrected chi connectivity index (χ3v) is 9.20. The van der Waals surface area contributed by atoms with E-state index in [9.17, 15) is 20.1 Å². The number of aliphatic hydroxyl groups is 3. The molecule has 0 aliphatic carbocycles. The second kappa shape index (κ2) is 13.1. The number of nitrogens with two attached hydrogens (primary N) is 1. The smallest absolute Gasteiger partial charge is 0.324 e. The Labute approximate surface area is 263 Å². The molecule has 44 heavy (non-hydrogen) atoms. The van der Waals surface area contributed by atoms with Gasteiger partial charge < -0.3 is 30.5 Å². The molecule has 5 N–H and O–H groups in total. The number of para-hydroxylation sites is 1. The molecule has 1 saturated heterocycles. The van der Waals surface area contributed by atoms with Crippen molar-refractivity contribution >= 4 is 20.7 Å². The van der Waals surface area contributed by atoms with Gasteiger partial charge in [-0.25, -0.2) is 4.90 Å². The third-order valence-electron chi connectivity index (χ3n) is 7.69. The highest BCUT2D eigenvalue weighted by molar-refractivity contribution is 6.57. The summed E-state index contributed by atoms with van der Waals surface area (Å²) in [4.78, 5) is 14.4. The van der Waals surface area contributed by atoms with Crippen molar-refractivity contribution in [1.29, 1.82) is 0 Å². The van der Waals surface area contributed by atoms with E-state index < -0.39 is 38.5 Å². The lowest BCUT2D eigenvalue weighted by Crippen LogP contribution is -2.73. The fourth-order valence-corrected chi connectivity index (χ4v) is 7.28. The predicted octanol–water partition coefficient (Wildman–Crippen LogP) is 3.53. The van der Waals surface area contributed by atoms with Gasteiger partial charge in [0.2, 0.25) is 0 Å². The average molecular weight is 619 g/mol. The molecule has 1 heterocycles. The minimum absolute atomic E-state index is 0.148. The lowest BCUT2D eigenvalue weighted by Gasteiger charge is -2.45. The SMILES string of the molecule is CC(C)(C)OC(=O)C1CCCN1C(O)(O)C(O)(Oc1ccccc1)[Si]c1ccc(Cc2ccccc2)c(C(C)(C)C)c1CN. The molecule has 1 aliphatic heterocycles. The van der Waals surface area contributed by atoms with Crippen molar-refractivity contribution in [2.45, 2.75) is 95.7 Å². The first-order valence-electron chi connectivity index (χ1n) is 15.1. The maximum absolute atomic E-state index is 13.2. The predicted molar refractivity (Wildman–Crippen MR) is 172 cm³/mol. The number of carbonyl (C=O) groups excluding carboxylic acids is 1. The lowest BCUT2D eigenvalue weighted by molar-refractivity contribution is -0.373. The first-order valence-corrected chi connectivity index (χ1v) is 16.1. The monoisotopic (exact) mass is 618 g/mol. The molecule has 236 valence electrons. The van der Waals surface area contributed by atoms with Crippen molar-refractivity contribution < 1.29 is 29.6 Å². The van der Waals surface area contributed by atoms with Crippen LogP contribution >= 0.6 is 0 Å². The van der Waals surface area contributed by atoms with Crippen molar-refractivity contribution in [1.82, 2.24) is 4.90 Å². The number of ether oxygens (including phenoxy) is 2. The first kappa shape index (κ1) is 33.8. The average Bonchev–Trinajstić information content (AvgIpc) is 3.44. The Morgan fingerprint density at radius 1 is 0.932 bits per heavy atom. The van der Waals surface area contributed by atoms with Crippen molar-refractivity contribution in [3.63, 3.8) is 0 Å². The van der Waals surface area contributed by atoms with Crippen LogP contribution in [0.15, 0.2) is 72.8 Å². The molecule has 1 fully saturated rings. The highest BCUT2D eigenvalue weighted by Gasteiger charge is 2.60. The largest absolute Gasteiger partial charge is 0.459 e. The summed E-state index contributed by atoms with van der Waals surface area (Å²) in [6.45, 7) is 12.0. The molecule has 2 atom stereocenters. The molecular formula is C35H46N2O6Si. The minimum Gasteiger partial charge on any atom is -0.459 e. The normalized spacial score (nSPS) is 17.7. The van der Waals surface area contributed by atoms with Gasteiger partial charge in [0.1, 0.15) is 17.4 Å². The number of likely N-dealkylation sites (tertiary alicyclic amines) is 1. The lowest BCUT2D eigenvalue weighted by atomic mass is 9.79. The van der Waals surface area contributed by atoms with Gasteiger partial charge >= 0.3 is 5.97 Å². The number of esters is 1. The molecule has 3 aromatic carbocycles. The molecule has 2 radical (unpaired) electrons. The summed E-state index contributed by atoms with van der Waals surface area (Å²) in [5, 5.41) is 36.7. The fraction of sp³-hybridized carbons (Fsp3) is 0.457. The van der Waals surface area contributed by atoms with Crippen molar-refractivity contribution in [2.24, 2.45) is 5.73 Å². The Hall–Kier alpha value is -3.05. The van der Waals surface area contributed by atoms with Gasteiger partial charge in [0.15, 0.2) is 9.52 Å². The molecule has 0 bridgehead atoms. The van der Waals surface area contributed by atoms with E-state index in [1.165, 1.54) is 4.90 Å². The van der Waals surface area contributed by atoms with Crippen LogP contribution in [0.4, 0.5) is 0 Å². The minimum atomic E-state index is -2.96. The molecule has 0 amide bonds. The van der Waals surface area contributed by atoms with E-state index in [1.807, 2.05) is 30.3 Å². The van der Waals surface area contributed by atoms with Gasteiger partial charge in [-0.1, -0.05) is 86.6 Å². The zero-order valence-electron chi connectivity index (χ0n) is 26.6. The summed E-state index contributed by atoms with van der Waals surface area (Å²) < 4.78 is 11.7. The second-order valence-corrected chi connectivity index (χ2v) is 14.9. The van der Waals surface area contributed by atoms with Gasteiger partial charge in [-0.05, 0) is 79.8 Å². The van der Waals surface area contributed by atoms with E-state index in [2.05, 4.69) is 32.9 Å². The summed E-state index contributed by atoms with van der Waals surface area (Å²) in [5.41, 5.74) is 6.91. The number of nitrogens with zero attached hydrogens (tertiary/aromatic N) is 1. The van der Waals surface area contributed by atoms with E-state index in [1.54, 1.807) is 51.1 Å². The highest BCUT2D eigenvalue weighted by Crippen LogP contribution is 2.36. The van der Waals surface area contributed by atoms with Gasteiger partial charge in [-0.2, -0.15) is 0 Å². The molecule has 0 spiro atoms. The molecule has 8 nitrogen and oxygen atoms in total. The van der Waals surface area contributed by atoms with Crippen LogP contribution in [0.5, 0.6) is 5.75 Å². The molecule has 3 aromatic rings. The van der Waals surface area contributed by atoms with E-state index >= 15 is 0 Å². The summed E-state index contributed by atoms with van der Waals surface area (Å²) in [5.74, 6) is -3.31. The third kappa shape index (κ3) is 7.59. The molecular weight excluding hydrogens is 572 g/mol. The van der Waals surface area contributed by atoms with Crippen LogP contribution in [-0.4, -0.2) is 65.2 Å². The van der Waals surface area contributed by atoms with E-state index in [0.717, 1.165) is 22.3 Å². The summed E-state index contributed by atoms with van der Waals surface area (Å²) in [7, 11) is -0.670. The number of rotatable bonds is 10. The van der Waals surface area contributed by atoms with Crippen molar-refractivity contribution in [3.05, 3.63) is 95.1 Å². The number of benzene rings is 3. The summed E-state index contributed by atoms with van der Waals surface area (Å²) >= 11 is 0. The van der Waals surface area contributed by atoms with Gasteiger partial charge in [0.05, 0.1) is 0 Å². The Kier molecular flexibility index (Phi) is 10.1. The van der Waals surface area contributed by atoms with Crippen LogP contribution in [0.3, 0.4) is 0 Å². The summed E-state index contributed by atoms with van der Waals surface area (Å²) in [6, 6.07) is 21.6. The quantitative estimate of drug-likeness (QED) is 0.155. The molecule has 1 aliphatic rings. The van der Waals surface area contributed by atoms with Crippen molar-refractivity contribution in [2.75, 3.05) is 6.54 Å². The second-order valence-electron chi connectivity index (χ2n) is 13.4. The topological polar surface area (TPSA) is 125 Å². The van der Waals surface area contributed by atoms with Gasteiger partial charge in [-0.3, -0.25) is 4.79 Å². The van der Waals surface area contributed by atoms with E-state index in [0.29, 0.717) is 24.4 Å².